The van der Waals surface area contributed by atoms with Crippen LogP contribution in [-0.4, -0.2) is 5.11 Å². The van der Waals surface area contributed by atoms with E-state index in [1.807, 2.05) is 25.1 Å². The van der Waals surface area contributed by atoms with Gasteiger partial charge in [0.2, 0.25) is 0 Å². The van der Waals surface area contributed by atoms with E-state index < -0.39 is 0 Å². The Hall–Kier alpha value is 0.124. The van der Waals surface area contributed by atoms with Gasteiger partial charge in [-0.15, -0.1) is 0 Å². The minimum absolute atomic E-state index is 0. The molecule has 1 rings (SSSR count). The average molecular weight is 197 g/mol. The predicted molar refractivity (Wildman–Crippen MR) is 32.8 cm³/mol. The fraction of sp³-hybridized carbons (Fsp3) is 0.143. The Morgan fingerprint density at radius 3 is 2.11 bits per heavy atom. The summed E-state index contributed by atoms with van der Waals surface area (Å²) in [6, 6.07) is 7.25. The van der Waals surface area contributed by atoms with Gasteiger partial charge in [0.15, 0.2) is 0 Å². The molecule has 0 atom stereocenters. The van der Waals surface area contributed by atoms with Gasteiger partial charge < -0.3 is 5.11 Å². The molecule has 0 saturated carbocycles. The zero-order valence-corrected chi connectivity index (χ0v) is 8.17. The van der Waals surface area contributed by atoms with E-state index in [1.165, 1.54) is 0 Å². The summed E-state index contributed by atoms with van der Waals surface area (Å²) in [6.07, 6.45) is 0. The van der Waals surface area contributed by atoms with Crippen molar-refractivity contribution in [3.63, 3.8) is 0 Å². The van der Waals surface area contributed by atoms with Crippen LogP contribution >= 0.6 is 0 Å². The van der Waals surface area contributed by atoms with Crippen LogP contribution in [-0.2, 0) is 32.7 Å². The molecule has 0 heterocycles. The zero-order valence-electron chi connectivity index (χ0n) is 5.33. The SMILES string of the molecule is Cc1ccccc1O.[Y]. The molecule has 1 aromatic carbocycles. The van der Waals surface area contributed by atoms with Crippen LogP contribution < -0.4 is 0 Å². The standard InChI is InChI=1S/C7H8O.Y/c1-6-4-2-3-5-7(6)8;/h2-5,8H,1H3;. The second-order valence-corrected chi connectivity index (χ2v) is 1.79. The first-order valence-corrected chi connectivity index (χ1v) is 2.55. The number of aromatic hydroxyl groups is 1. The van der Waals surface area contributed by atoms with Gasteiger partial charge in [-0.3, -0.25) is 0 Å². The summed E-state index contributed by atoms with van der Waals surface area (Å²) in [7, 11) is 0. The molecule has 1 radical (unpaired) electrons. The molecule has 0 fully saturated rings. The first kappa shape index (κ1) is 9.12. The number of aryl methyl sites for hydroxylation is 1. The first-order chi connectivity index (χ1) is 3.80. The Bertz CT molecular complexity index is 165. The topological polar surface area (TPSA) is 20.2 Å². The molecule has 0 spiro atoms. The fourth-order valence-electron chi connectivity index (χ4n) is 0.563. The van der Waals surface area contributed by atoms with E-state index in [4.69, 9.17) is 5.11 Å². The predicted octanol–water partition coefficient (Wildman–Crippen LogP) is 1.70. The van der Waals surface area contributed by atoms with Gasteiger partial charge in [0, 0.05) is 32.7 Å². The largest absolute Gasteiger partial charge is 0.508 e. The number of hydrogen-bond acceptors (Lipinski definition) is 1. The van der Waals surface area contributed by atoms with Crippen LogP contribution in [0.2, 0.25) is 0 Å². The minimum Gasteiger partial charge on any atom is -0.508 e. The number of rotatable bonds is 0. The molecule has 0 aliphatic carbocycles. The van der Waals surface area contributed by atoms with Crippen LogP contribution in [0.25, 0.3) is 0 Å². The maximum atomic E-state index is 8.92. The number of phenols is 1. The Morgan fingerprint density at radius 2 is 1.78 bits per heavy atom. The van der Waals surface area contributed by atoms with Crippen LogP contribution in [0.4, 0.5) is 0 Å². The van der Waals surface area contributed by atoms with Crippen molar-refractivity contribution in [2.24, 2.45) is 0 Å². The molecule has 0 saturated heterocycles. The second-order valence-electron chi connectivity index (χ2n) is 1.79. The third-order valence-electron chi connectivity index (χ3n) is 1.12. The normalized spacial score (nSPS) is 8.11. The van der Waals surface area contributed by atoms with E-state index in [0.717, 1.165) is 5.56 Å². The van der Waals surface area contributed by atoms with Crippen molar-refractivity contribution in [3.05, 3.63) is 29.8 Å². The summed E-state index contributed by atoms with van der Waals surface area (Å²) in [5.41, 5.74) is 0.924. The quantitative estimate of drug-likeness (QED) is 0.671. The molecule has 45 valence electrons. The van der Waals surface area contributed by atoms with Crippen LogP contribution in [0.1, 0.15) is 5.56 Å². The van der Waals surface area contributed by atoms with Crippen molar-refractivity contribution in [2.75, 3.05) is 0 Å². The molecule has 0 bridgehead atoms. The minimum atomic E-state index is 0. The maximum Gasteiger partial charge on any atom is 0.118 e. The van der Waals surface area contributed by atoms with Gasteiger partial charge in [0.25, 0.3) is 0 Å². The molecule has 0 amide bonds. The van der Waals surface area contributed by atoms with Crippen LogP contribution in [0.15, 0.2) is 24.3 Å². The van der Waals surface area contributed by atoms with Gasteiger partial charge in [0.05, 0.1) is 0 Å². The maximum absolute atomic E-state index is 8.92. The van der Waals surface area contributed by atoms with E-state index >= 15 is 0 Å². The summed E-state index contributed by atoms with van der Waals surface area (Å²) in [5, 5.41) is 8.92. The molecule has 1 N–H and O–H groups in total. The third-order valence-corrected chi connectivity index (χ3v) is 1.12. The van der Waals surface area contributed by atoms with Crippen molar-refractivity contribution in [3.8, 4) is 5.75 Å². The molecule has 1 aromatic rings. The van der Waals surface area contributed by atoms with E-state index in [1.54, 1.807) is 6.07 Å². The van der Waals surface area contributed by atoms with Crippen LogP contribution in [0, 0.1) is 6.92 Å². The van der Waals surface area contributed by atoms with Gasteiger partial charge in [0.1, 0.15) is 5.75 Å². The molecule has 0 aliphatic rings. The van der Waals surface area contributed by atoms with Crippen molar-refractivity contribution in [2.45, 2.75) is 6.92 Å². The Labute approximate surface area is 80.0 Å². The van der Waals surface area contributed by atoms with Gasteiger partial charge in [-0.1, -0.05) is 18.2 Å². The van der Waals surface area contributed by atoms with E-state index in [-0.39, 0.29) is 32.7 Å². The van der Waals surface area contributed by atoms with Crippen LogP contribution in [0.5, 0.6) is 5.75 Å². The Balaban J connectivity index is 0.000000640. The second kappa shape index (κ2) is 4.02. The molecule has 0 aliphatic heterocycles. The van der Waals surface area contributed by atoms with Crippen molar-refractivity contribution in [1.82, 2.24) is 0 Å². The van der Waals surface area contributed by atoms with Gasteiger partial charge in [-0.2, -0.15) is 0 Å². The van der Waals surface area contributed by atoms with E-state index in [2.05, 4.69) is 0 Å². The fourth-order valence-corrected chi connectivity index (χ4v) is 0.563. The van der Waals surface area contributed by atoms with Gasteiger partial charge >= 0.3 is 0 Å². The Kier molecular flexibility index (Phi) is 4.08. The summed E-state index contributed by atoms with van der Waals surface area (Å²) in [4.78, 5) is 0. The number of phenolic OH excluding ortho intramolecular Hbond substituents is 1. The molecular formula is C7H8OY. The summed E-state index contributed by atoms with van der Waals surface area (Å²) >= 11 is 0. The molecule has 1 nitrogen and oxygen atoms in total. The number of benzene rings is 1. The zero-order chi connectivity index (χ0) is 5.98. The molecule has 0 aromatic heterocycles. The van der Waals surface area contributed by atoms with Crippen molar-refractivity contribution >= 4 is 0 Å². The van der Waals surface area contributed by atoms with Crippen molar-refractivity contribution in [1.29, 1.82) is 0 Å². The summed E-state index contributed by atoms with van der Waals surface area (Å²) in [6.45, 7) is 1.87. The van der Waals surface area contributed by atoms with Crippen LogP contribution in [0.3, 0.4) is 0 Å². The summed E-state index contributed by atoms with van der Waals surface area (Å²) in [5.74, 6) is 0.368. The molecule has 9 heavy (non-hydrogen) atoms. The van der Waals surface area contributed by atoms with Gasteiger partial charge in [-0.05, 0) is 18.6 Å². The number of para-hydroxylation sites is 1. The molecule has 0 unspecified atom stereocenters. The Morgan fingerprint density at radius 1 is 1.22 bits per heavy atom. The van der Waals surface area contributed by atoms with Gasteiger partial charge in [-0.25, -0.2) is 0 Å². The average Bonchev–Trinajstić information content (AvgIpc) is 1.77. The summed E-state index contributed by atoms with van der Waals surface area (Å²) < 4.78 is 0. The first-order valence-electron chi connectivity index (χ1n) is 2.55. The number of hydrogen-bond donors (Lipinski definition) is 1. The third kappa shape index (κ3) is 2.46. The monoisotopic (exact) mass is 197 g/mol. The van der Waals surface area contributed by atoms with E-state index in [9.17, 15) is 0 Å². The molecule has 2 heteroatoms. The van der Waals surface area contributed by atoms with E-state index in [0.29, 0.717) is 5.75 Å². The van der Waals surface area contributed by atoms with Crippen molar-refractivity contribution < 1.29 is 37.8 Å². The smallest absolute Gasteiger partial charge is 0.118 e. The molecular weight excluding hydrogens is 189 g/mol.